The van der Waals surface area contributed by atoms with Crippen molar-refractivity contribution >= 4 is 361 Å². The van der Waals surface area contributed by atoms with Crippen LogP contribution in [0.5, 0.6) is 0 Å². The molecule has 0 heterocycles. The van der Waals surface area contributed by atoms with Crippen LogP contribution in [0, 0.1) is 0 Å². The van der Waals surface area contributed by atoms with Crippen LogP contribution in [0.25, 0.3) is 0 Å². The lowest BCUT2D eigenvalue weighted by Crippen LogP contribution is -2.95. The first-order chi connectivity index (χ1) is 23.6. The van der Waals surface area contributed by atoms with Crippen LogP contribution in [-0.4, -0.2) is 361 Å². The zero-order valence-corrected chi connectivity index (χ0v) is 30.4. The van der Waals surface area contributed by atoms with Crippen LogP contribution in [0.1, 0.15) is 0 Å². The van der Waals surface area contributed by atoms with E-state index in [1.807, 2.05) is 0 Å². The fraction of sp³-hybridized carbons (Fsp3) is 1.00. The highest BCUT2D eigenvalue weighted by Crippen LogP contribution is 2.22. The molecule has 0 amide bonds. The van der Waals surface area contributed by atoms with Crippen LogP contribution in [-0.2, 0) is 0 Å². The molecule has 51 heteroatoms. The SMILES string of the molecule is [B]B([B])B(B([B])[B])B(B([B])B([B])C)B(B(B([B])[B])B([B])[B])B(B(B(B([B])[B])B([B])[B])B(B([B])[B])B([B])[B])B(B(B([B])[B])B([B])[B])B(B([B])[B])B([B])[B]. The van der Waals surface area contributed by atoms with Crippen LogP contribution in [0.2, 0.25) is 6.82 Å². The summed E-state index contributed by atoms with van der Waals surface area (Å²) >= 11 is 0. The van der Waals surface area contributed by atoms with Gasteiger partial charge in [0.15, 0.2) is 0 Å². The summed E-state index contributed by atoms with van der Waals surface area (Å²) in [6, 6.07) is 0. The molecule has 0 spiro atoms. The van der Waals surface area contributed by atoms with Crippen molar-refractivity contribution in [1.29, 1.82) is 0 Å². The summed E-state index contributed by atoms with van der Waals surface area (Å²) < 4.78 is 0. The Kier molecular flexibility index (Phi) is 26.8. The molecule has 0 atom stereocenters. The van der Waals surface area contributed by atoms with Crippen molar-refractivity contribution in [3.63, 3.8) is 0 Å². The van der Waals surface area contributed by atoms with E-state index in [0.29, 0.717) is 0 Å². The molecule has 52 radical (unpaired) electrons. The van der Waals surface area contributed by atoms with E-state index < -0.39 is 160 Å². The van der Waals surface area contributed by atoms with E-state index in [2.05, 4.69) is 0 Å². The average molecular weight is 566 g/mol. The van der Waals surface area contributed by atoms with E-state index in [1.54, 1.807) is 6.82 Å². The Morgan fingerprint density at radius 3 is 0.423 bits per heavy atom. The first kappa shape index (κ1) is 55.3. The third-order valence-corrected chi connectivity index (χ3v) is 10.8. The maximum Gasteiger partial charge on any atom is 0.0413 e. The van der Waals surface area contributed by atoms with Crippen molar-refractivity contribution in [2.24, 2.45) is 0 Å². The van der Waals surface area contributed by atoms with Gasteiger partial charge < -0.3 is 0 Å². The Labute approximate surface area is 364 Å². The fourth-order valence-electron chi connectivity index (χ4n) is 8.82. The highest BCUT2D eigenvalue weighted by atomic mass is 13.4. The number of hydrogen-bond donors (Lipinski definition) is 0. The van der Waals surface area contributed by atoms with Crippen molar-refractivity contribution in [3.05, 3.63) is 0 Å². The predicted octanol–water partition coefficient (Wildman–Crippen LogP) is -18.8. The zero-order valence-electron chi connectivity index (χ0n) is 30.4. The molecular formula is CH3B51. The highest BCUT2D eigenvalue weighted by Gasteiger charge is 2.60. The minimum Gasteiger partial charge on any atom is -0.101 e. The molecule has 0 aromatic rings. The molecule has 0 aliphatic rings. The first-order valence-corrected chi connectivity index (χ1v) is 17.2. The second-order valence-electron chi connectivity index (χ2n) is 14.7. The van der Waals surface area contributed by atoms with Crippen LogP contribution >= 0.6 is 0 Å². The lowest BCUT2D eigenvalue weighted by molar-refractivity contribution is 2.33. The minimum atomic E-state index is -1.36. The van der Waals surface area contributed by atoms with Gasteiger partial charge in [-0.15, -0.1) is 6.82 Å². The van der Waals surface area contributed by atoms with Gasteiger partial charge in [-0.25, -0.2) is 0 Å². The molecule has 0 unspecified atom stereocenters. The minimum absolute atomic E-state index is 0.837. The van der Waals surface area contributed by atoms with E-state index in [1.165, 1.54) is 0 Å². The van der Waals surface area contributed by atoms with Crippen LogP contribution in [0.4, 0.5) is 0 Å². The second-order valence-corrected chi connectivity index (χ2v) is 14.7. The van der Waals surface area contributed by atoms with Crippen molar-refractivity contribution in [3.8, 4) is 0 Å². The summed E-state index contributed by atoms with van der Waals surface area (Å²) in [5.41, 5.74) is 0. The van der Waals surface area contributed by atoms with Gasteiger partial charge in [0.2, 0.25) is 0 Å². The molecule has 0 N–H and O–H groups in total. The Bertz CT molecular complexity index is 783. The Morgan fingerprint density at radius 1 is 0.173 bits per heavy atom. The quantitative estimate of drug-likeness (QED) is 0.102. The number of hydrogen-bond acceptors (Lipinski definition) is 0. The molecule has 0 bridgehead atoms. The summed E-state index contributed by atoms with van der Waals surface area (Å²) in [6.07, 6.45) is -30.4. The van der Waals surface area contributed by atoms with E-state index in [9.17, 15) is 0 Å². The second kappa shape index (κ2) is 25.2. The van der Waals surface area contributed by atoms with Crippen LogP contribution < -0.4 is 0 Å². The lowest BCUT2D eigenvalue weighted by Gasteiger charge is -2.57. The van der Waals surface area contributed by atoms with E-state index in [-0.39, 0.29) is 0 Å². The van der Waals surface area contributed by atoms with Gasteiger partial charge in [0, 0.05) is 361 Å². The van der Waals surface area contributed by atoms with E-state index in [0.717, 1.165) is 0 Å². The zero-order chi connectivity index (χ0) is 41.4. The third-order valence-electron chi connectivity index (χ3n) is 10.8. The molecule has 0 aromatic carbocycles. The summed E-state index contributed by atoms with van der Waals surface area (Å²) in [4.78, 5) is 0. The molecule has 0 saturated heterocycles. The molecule has 0 aromatic heterocycles. The van der Waals surface area contributed by atoms with Crippen molar-refractivity contribution in [1.82, 2.24) is 0 Å². The summed E-state index contributed by atoms with van der Waals surface area (Å²) in [5.74, 6) is 0. The van der Waals surface area contributed by atoms with Gasteiger partial charge in [0.1, 0.15) is 0 Å². The average Bonchev–Trinajstić information content (AvgIpc) is 2.92. The smallest absolute Gasteiger partial charge is 0.0413 e. The maximum absolute atomic E-state index is 6.99. The molecule has 0 aliphatic carbocycles. The van der Waals surface area contributed by atoms with Gasteiger partial charge in [-0.05, 0) is 0 Å². The summed E-state index contributed by atoms with van der Waals surface area (Å²) in [6.45, 7) is 0.779. The molecular weight excluding hydrogens is 563 g/mol. The first-order valence-electron chi connectivity index (χ1n) is 17.2. The molecule has 160 valence electrons. The third kappa shape index (κ3) is 14.8. The molecule has 52 heavy (non-hydrogen) atoms. The normalized spacial score (nSPS) is 9.71. The predicted molar refractivity (Wildman–Crippen MR) is 299 cm³/mol. The molecule has 0 fully saturated rings. The summed E-state index contributed by atoms with van der Waals surface area (Å²) in [7, 11) is 169. The van der Waals surface area contributed by atoms with Crippen molar-refractivity contribution in [2.45, 2.75) is 6.82 Å². The van der Waals surface area contributed by atoms with Gasteiger partial charge in [-0.1, -0.05) is 0 Å². The van der Waals surface area contributed by atoms with Crippen molar-refractivity contribution < 1.29 is 0 Å². The van der Waals surface area contributed by atoms with Gasteiger partial charge >= 0.3 is 0 Å². The van der Waals surface area contributed by atoms with Gasteiger partial charge in [-0.3, -0.25) is 0 Å². The van der Waals surface area contributed by atoms with Gasteiger partial charge in [0.25, 0.3) is 0 Å². The molecule has 0 nitrogen and oxygen atoms in total. The molecule has 0 rings (SSSR count). The van der Waals surface area contributed by atoms with Crippen molar-refractivity contribution in [2.75, 3.05) is 0 Å². The van der Waals surface area contributed by atoms with E-state index in [4.69, 9.17) is 201 Å². The molecule has 0 saturated carbocycles. The standard InChI is InChI=1S/CH3B51/c1-28(2)41(27)48(42(29(3)4)30(5)6)51(47(39(23)24)40(25)26)52(49(43(31(7)8)32(9)10)44(33(11)12)34(13)14)50(45(35(15)16)36(17)18)46(37(19)20)38(21)22/h1H3. The largest absolute Gasteiger partial charge is 0.101 e. The van der Waals surface area contributed by atoms with Crippen LogP contribution in [0.15, 0.2) is 0 Å². The Morgan fingerprint density at radius 2 is 0.288 bits per heavy atom. The Balaban J connectivity index is 9.73. The maximum atomic E-state index is 6.99. The van der Waals surface area contributed by atoms with E-state index >= 15 is 0 Å². The number of rotatable bonds is 24. The topological polar surface area (TPSA) is 0 Å². The Hall–Kier alpha value is 3.31. The molecule has 0 aliphatic heterocycles. The van der Waals surface area contributed by atoms with Crippen LogP contribution in [0.3, 0.4) is 0 Å². The highest BCUT2D eigenvalue weighted by molar-refractivity contribution is 8.35. The lowest BCUT2D eigenvalue weighted by atomic mass is 8.24. The van der Waals surface area contributed by atoms with Gasteiger partial charge in [0.05, 0.1) is 0 Å². The fourth-order valence-corrected chi connectivity index (χ4v) is 8.82. The monoisotopic (exact) mass is 576 g/mol. The summed E-state index contributed by atoms with van der Waals surface area (Å²) in [5, 5.41) is 0. The van der Waals surface area contributed by atoms with Gasteiger partial charge in [-0.2, -0.15) is 0 Å².